The first-order valence-corrected chi connectivity index (χ1v) is 6.65. The van der Waals surface area contributed by atoms with Crippen molar-refractivity contribution in [3.05, 3.63) is 59.0 Å². The van der Waals surface area contributed by atoms with Crippen LogP contribution in [0.25, 0.3) is 11.2 Å². The molecule has 2 heterocycles. The maximum Gasteiger partial charge on any atom is 0.178 e. The van der Waals surface area contributed by atoms with Gasteiger partial charge in [-0.2, -0.15) is 0 Å². The molecule has 3 nitrogen and oxygen atoms in total. The molecule has 19 heavy (non-hydrogen) atoms. The van der Waals surface area contributed by atoms with Crippen molar-refractivity contribution in [3.63, 3.8) is 0 Å². The number of aromatic nitrogens is 3. The maximum atomic E-state index is 4.66. The van der Waals surface area contributed by atoms with Crippen LogP contribution in [0.2, 0.25) is 0 Å². The number of aryl methyl sites for hydroxylation is 2. The van der Waals surface area contributed by atoms with Gasteiger partial charge in [0, 0.05) is 18.5 Å². The van der Waals surface area contributed by atoms with Crippen molar-refractivity contribution < 1.29 is 0 Å². The second kappa shape index (κ2) is 4.84. The summed E-state index contributed by atoms with van der Waals surface area (Å²) in [4.78, 5) is 12.5. The van der Waals surface area contributed by atoms with Gasteiger partial charge >= 0.3 is 0 Å². The fraction of sp³-hybridized carbons (Fsp3) is 0.250. The number of rotatable bonds is 3. The number of H-pyrrole nitrogens is 1. The van der Waals surface area contributed by atoms with Crippen molar-refractivity contribution in [2.75, 3.05) is 0 Å². The van der Waals surface area contributed by atoms with Gasteiger partial charge in [0.05, 0.1) is 5.52 Å². The molecule has 0 spiro atoms. The molecular weight excluding hydrogens is 234 g/mol. The SMILES string of the molecule is CCc1nc2nc(Cc3ccccc3)cc(C)c2[nH]1. The number of fused-ring (bicyclic) bond motifs is 1. The van der Waals surface area contributed by atoms with Gasteiger partial charge in [-0.15, -0.1) is 0 Å². The second-order valence-electron chi connectivity index (χ2n) is 4.83. The van der Waals surface area contributed by atoms with Crippen LogP contribution < -0.4 is 0 Å². The number of imidazole rings is 1. The van der Waals surface area contributed by atoms with Crippen molar-refractivity contribution in [2.24, 2.45) is 0 Å². The number of pyridine rings is 1. The Morgan fingerprint density at radius 1 is 1.11 bits per heavy atom. The van der Waals surface area contributed by atoms with Crippen LogP contribution in [0.1, 0.15) is 29.6 Å². The Labute approximate surface area is 112 Å². The fourth-order valence-corrected chi connectivity index (χ4v) is 2.32. The van der Waals surface area contributed by atoms with Crippen molar-refractivity contribution >= 4 is 11.2 Å². The van der Waals surface area contributed by atoms with Gasteiger partial charge in [-0.3, -0.25) is 0 Å². The summed E-state index contributed by atoms with van der Waals surface area (Å²) in [6.07, 6.45) is 1.76. The average molecular weight is 251 g/mol. The lowest BCUT2D eigenvalue weighted by Gasteiger charge is -2.03. The molecule has 3 rings (SSSR count). The minimum absolute atomic E-state index is 0.836. The highest BCUT2D eigenvalue weighted by Crippen LogP contribution is 2.17. The highest BCUT2D eigenvalue weighted by Gasteiger charge is 2.08. The summed E-state index contributed by atoms with van der Waals surface area (Å²) in [7, 11) is 0. The first-order valence-electron chi connectivity index (χ1n) is 6.65. The highest BCUT2D eigenvalue weighted by molar-refractivity contribution is 5.75. The van der Waals surface area contributed by atoms with E-state index in [-0.39, 0.29) is 0 Å². The molecular formula is C16H17N3. The molecule has 0 amide bonds. The van der Waals surface area contributed by atoms with E-state index in [2.05, 4.69) is 59.1 Å². The van der Waals surface area contributed by atoms with Crippen LogP contribution in [0.4, 0.5) is 0 Å². The lowest BCUT2D eigenvalue weighted by Crippen LogP contribution is -1.94. The topological polar surface area (TPSA) is 41.6 Å². The van der Waals surface area contributed by atoms with Crippen molar-refractivity contribution in [1.29, 1.82) is 0 Å². The first-order chi connectivity index (χ1) is 9.26. The molecule has 0 bridgehead atoms. The largest absolute Gasteiger partial charge is 0.340 e. The van der Waals surface area contributed by atoms with Crippen LogP contribution in [-0.2, 0) is 12.8 Å². The van der Waals surface area contributed by atoms with Gasteiger partial charge in [-0.05, 0) is 24.1 Å². The lowest BCUT2D eigenvalue weighted by molar-refractivity contribution is 0.995. The van der Waals surface area contributed by atoms with Gasteiger partial charge in [0.15, 0.2) is 5.65 Å². The van der Waals surface area contributed by atoms with Gasteiger partial charge in [0.1, 0.15) is 5.82 Å². The number of aromatic amines is 1. The van der Waals surface area contributed by atoms with E-state index in [0.29, 0.717) is 0 Å². The standard InChI is InChI=1S/C16H17N3/c1-3-14-18-15-11(2)9-13(17-16(15)19-14)10-12-7-5-4-6-8-12/h4-9H,3,10H2,1-2H3,(H,17,18,19). The maximum absolute atomic E-state index is 4.66. The van der Waals surface area contributed by atoms with E-state index < -0.39 is 0 Å². The van der Waals surface area contributed by atoms with E-state index in [9.17, 15) is 0 Å². The molecule has 0 saturated heterocycles. The number of hydrogen-bond acceptors (Lipinski definition) is 2. The van der Waals surface area contributed by atoms with E-state index in [1.807, 2.05) is 6.07 Å². The second-order valence-corrected chi connectivity index (χ2v) is 4.83. The van der Waals surface area contributed by atoms with E-state index in [4.69, 9.17) is 0 Å². The van der Waals surface area contributed by atoms with Crippen LogP contribution in [0, 0.1) is 6.92 Å². The molecule has 3 aromatic rings. The Kier molecular flexibility index (Phi) is 3.03. The van der Waals surface area contributed by atoms with E-state index in [1.165, 1.54) is 11.1 Å². The molecule has 96 valence electrons. The smallest absolute Gasteiger partial charge is 0.178 e. The first kappa shape index (κ1) is 11.9. The third-order valence-corrected chi connectivity index (χ3v) is 3.32. The zero-order valence-electron chi connectivity index (χ0n) is 11.3. The normalized spacial score (nSPS) is 11.1. The third kappa shape index (κ3) is 2.36. The van der Waals surface area contributed by atoms with Crippen LogP contribution in [0.5, 0.6) is 0 Å². The third-order valence-electron chi connectivity index (χ3n) is 3.32. The monoisotopic (exact) mass is 251 g/mol. The predicted octanol–water partition coefficient (Wildman–Crippen LogP) is 3.42. The number of nitrogens with one attached hydrogen (secondary N) is 1. The summed E-state index contributed by atoms with van der Waals surface area (Å²) in [6.45, 7) is 4.20. The molecule has 1 aromatic carbocycles. The lowest BCUT2D eigenvalue weighted by atomic mass is 10.1. The average Bonchev–Trinajstić information content (AvgIpc) is 2.83. The minimum atomic E-state index is 0.836. The number of hydrogen-bond donors (Lipinski definition) is 1. The van der Waals surface area contributed by atoms with Crippen LogP contribution in [-0.4, -0.2) is 15.0 Å². The van der Waals surface area contributed by atoms with Crippen LogP contribution >= 0.6 is 0 Å². The van der Waals surface area contributed by atoms with Gasteiger partial charge in [-0.1, -0.05) is 37.3 Å². The Balaban J connectivity index is 2.01. The molecule has 0 aliphatic carbocycles. The van der Waals surface area contributed by atoms with Crippen LogP contribution in [0.3, 0.4) is 0 Å². The summed E-state index contributed by atoms with van der Waals surface area (Å²) < 4.78 is 0. The Hall–Kier alpha value is -2.16. The van der Waals surface area contributed by atoms with Gasteiger partial charge in [0.2, 0.25) is 0 Å². The summed E-state index contributed by atoms with van der Waals surface area (Å²) in [5.41, 5.74) is 5.46. The van der Waals surface area contributed by atoms with Crippen LogP contribution in [0.15, 0.2) is 36.4 Å². The van der Waals surface area contributed by atoms with Crippen molar-refractivity contribution in [3.8, 4) is 0 Å². The Morgan fingerprint density at radius 2 is 1.89 bits per heavy atom. The van der Waals surface area contributed by atoms with Crippen molar-refractivity contribution in [2.45, 2.75) is 26.7 Å². The molecule has 0 fully saturated rings. The van der Waals surface area contributed by atoms with Crippen molar-refractivity contribution in [1.82, 2.24) is 15.0 Å². The molecule has 0 aliphatic rings. The quantitative estimate of drug-likeness (QED) is 0.775. The molecule has 0 atom stereocenters. The number of benzene rings is 1. The Morgan fingerprint density at radius 3 is 2.63 bits per heavy atom. The van der Waals surface area contributed by atoms with E-state index >= 15 is 0 Å². The zero-order valence-corrected chi connectivity index (χ0v) is 11.3. The molecule has 0 unspecified atom stereocenters. The molecule has 0 aliphatic heterocycles. The van der Waals surface area contributed by atoms with Gasteiger partial charge in [-0.25, -0.2) is 9.97 Å². The van der Waals surface area contributed by atoms with E-state index in [0.717, 1.165) is 35.5 Å². The molecule has 0 radical (unpaired) electrons. The predicted molar refractivity (Wildman–Crippen MR) is 77.3 cm³/mol. The fourth-order valence-electron chi connectivity index (χ4n) is 2.32. The summed E-state index contributed by atoms with van der Waals surface area (Å²) in [5, 5.41) is 0. The minimum Gasteiger partial charge on any atom is -0.340 e. The molecule has 0 saturated carbocycles. The summed E-state index contributed by atoms with van der Waals surface area (Å²) in [6, 6.07) is 12.6. The summed E-state index contributed by atoms with van der Waals surface area (Å²) in [5.74, 6) is 1.00. The molecule has 1 N–H and O–H groups in total. The Bertz CT molecular complexity index is 699. The van der Waals surface area contributed by atoms with Gasteiger partial charge < -0.3 is 4.98 Å². The van der Waals surface area contributed by atoms with Gasteiger partial charge in [0.25, 0.3) is 0 Å². The zero-order chi connectivity index (χ0) is 13.2. The summed E-state index contributed by atoms with van der Waals surface area (Å²) >= 11 is 0. The molecule has 2 aromatic heterocycles. The number of nitrogens with zero attached hydrogens (tertiary/aromatic N) is 2. The molecule has 3 heteroatoms. The van der Waals surface area contributed by atoms with E-state index in [1.54, 1.807) is 0 Å². The highest BCUT2D eigenvalue weighted by atomic mass is 15.0.